The molecule has 0 atom stereocenters. The predicted molar refractivity (Wildman–Crippen MR) is 105 cm³/mol. The molecule has 1 heterocycles. The van der Waals surface area contributed by atoms with Crippen LogP contribution < -0.4 is 10.1 Å². The van der Waals surface area contributed by atoms with Crippen LogP contribution in [-0.4, -0.2) is 26.8 Å². The summed E-state index contributed by atoms with van der Waals surface area (Å²) in [6.45, 7) is 2.47. The molecule has 3 rings (SSSR count). The molecular weight excluding hydrogens is 348 g/mol. The van der Waals surface area contributed by atoms with E-state index in [4.69, 9.17) is 4.74 Å². The number of pyridine rings is 1. The van der Waals surface area contributed by atoms with Gasteiger partial charge in [0.1, 0.15) is 11.3 Å². The van der Waals surface area contributed by atoms with Crippen LogP contribution in [0.15, 0.2) is 48.5 Å². The van der Waals surface area contributed by atoms with Gasteiger partial charge in [-0.1, -0.05) is 36.4 Å². The van der Waals surface area contributed by atoms with Gasteiger partial charge in [0.15, 0.2) is 9.84 Å². The number of aromatic nitrogens is 1. The summed E-state index contributed by atoms with van der Waals surface area (Å²) in [5, 5.41) is 4.40. The van der Waals surface area contributed by atoms with Gasteiger partial charge in [-0.15, -0.1) is 0 Å². The lowest BCUT2D eigenvalue weighted by molar-refractivity contribution is 0.419. The lowest BCUT2D eigenvalue weighted by Crippen LogP contribution is -2.08. The predicted octanol–water partition coefficient (Wildman–Crippen LogP) is 3.71. The molecule has 26 heavy (non-hydrogen) atoms. The normalized spacial score (nSPS) is 11.5. The van der Waals surface area contributed by atoms with Crippen LogP contribution in [0.4, 0.5) is 5.69 Å². The second kappa shape index (κ2) is 7.33. The van der Waals surface area contributed by atoms with Crippen LogP contribution in [0.1, 0.15) is 16.8 Å². The fourth-order valence-electron chi connectivity index (χ4n) is 3.00. The number of nitrogens with one attached hydrogen (secondary N) is 1. The van der Waals surface area contributed by atoms with Crippen LogP contribution in [0, 0.1) is 6.92 Å². The average Bonchev–Trinajstić information content (AvgIpc) is 2.59. The second-order valence-electron chi connectivity index (χ2n) is 6.36. The zero-order valence-corrected chi connectivity index (χ0v) is 15.9. The first-order valence-electron chi connectivity index (χ1n) is 8.30. The number of para-hydroxylation sites is 1. The Kier molecular flexibility index (Phi) is 5.13. The van der Waals surface area contributed by atoms with E-state index in [-0.39, 0.29) is 5.75 Å². The lowest BCUT2D eigenvalue weighted by Gasteiger charge is -2.14. The molecule has 1 N–H and O–H groups in total. The molecule has 0 spiro atoms. The van der Waals surface area contributed by atoms with Crippen molar-refractivity contribution in [2.75, 3.05) is 18.7 Å². The van der Waals surface area contributed by atoms with Gasteiger partial charge in [-0.3, -0.25) is 0 Å². The number of benzene rings is 2. The van der Waals surface area contributed by atoms with E-state index in [1.54, 1.807) is 7.11 Å². The molecule has 3 aromatic rings. The third kappa shape index (κ3) is 4.14. The van der Waals surface area contributed by atoms with Crippen molar-refractivity contribution in [3.05, 3.63) is 65.4 Å². The number of nitrogens with zero attached hydrogens (tertiary/aromatic N) is 1. The van der Waals surface area contributed by atoms with Gasteiger partial charge in [0.05, 0.1) is 12.9 Å². The Labute approximate surface area is 154 Å². The minimum Gasteiger partial charge on any atom is -0.494 e. The van der Waals surface area contributed by atoms with E-state index in [9.17, 15) is 8.42 Å². The molecule has 0 unspecified atom stereocenters. The number of methoxy groups -OCH3 is 1. The summed E-state index contributed by atoms with van der Waals surface area (Å²) in [6.07, 6.45) is 1.25. The van der Waals surface area contributed by atoms with E-state index in [0.717, 1.165) is 39.2 Å². The number of hydrogen-bond acceptors (Lipinski definition) is 5. The largest absolute Gasteiger partial charge is 0.494 e. The SMILES string of the molecule is COc1cccc2c(NCc3ccccc3CS(C)(=O)=O)cc(C)nc12. The highest BCUT2D eigenvalue weighted by Crippen LogP contribution is 2.30. The Morgan fingerprint density at radius 3 is 2.50 bits per heavy atom. The minimum absolute atomic E-state index is 0.0365. The maximum atomic E-state index is 11.7. The van der Waals surface area contributed by atoms with Gasteiger partial charge in [0.25, 0.3) is 0 Å². The number of fused-ring (bicyclic) bond motifs is 1. The van der Waals surface area contributed by atoms with Gasteiger partial charge in [-0.05, 0) is 30.2 Å². The van der Waals surface area contributed by atoms with Gasteiger partial charge in [-0.2, -0.15) is 0 Å². The van der Waals surface area contributed by atoms with E-state index in [1.807, 2.05) is 55.5 Å². The number of sulfone groups is 1. The molecular formula is C20H22N2O3S. The molecule has 0 aliphatic heterocycles. The maximum Gasteiger partial charge on any atom is 0.151 e. The molecule has 1 aromatic heterocycles. The summed E-state index contributed by atoms with van der Waals surface area (Å²) in [6, 6.07) is 15.4. The number of anilines is 1. The molecule has 0 saturated carbocycles. The Hall–Kier alpha value is -2.60. The molecule has 0 amide bonds. The van der Waals surface area contributed by atoms with Crippen molar-refractivity contribution in [2.24, 2.45) is 0 Å². The number of rotatable bonds is 6. The van der Waals surface area contributed by atoms with Crippen LogP contribution in [0.5, 0.6) is 5.75 Å². The van der Waals surface area contributed by atoms with Crippen molar-refractivity contribution in [3.63, 3.8) is 0 Å². The fourth-order valence-corrected chi connectivity index (χ4v) is 3.85. The molecule has 0 radical (unpaired) electrons. The van der Waals surface area contributed by atoms with Crippen LogP contribution in [-0.2, 0) is 22.1 Å². The summed E-state index contributed by atoms with van der Waals surface area (Å²) in [5.41, 5.74) is 4.41. The molecule has 6 heteroatoms. The summed E-state index contributed by atoms with van der Waals surface area (Å²) in [4.78, 5) is 4.58. The number of hydrogen-bond donors (Lipinski definition) is 1. The maximum absolute atomic E-state index is 11.7. The quantitative estimate of drug-likeness (QED) is 0.716. The molecule has 136 valence electrons. The average molecular weight is 370 g/mol. The van der Waals surface area contributed by atoms with E-state index < -0.39 is 9.84 Å². The first kappa shape index (κ1) is 18.2. The molecule has 0 aliphatic carbocycles. The molecule has 0 bridgehead atoms. The van der Waals surface area contributed by atoms with E-state index in [0.29, 0.717) is 6.54 Å². The van der Waals surface area contributed by atoms with Crippen LogP contribution in [0.2, 0.25) is 0 Å². The van der Waals surface area contributed by atoms with E-state index >= 15 is 0 Å². The Morgan fingerprint density at radius 2 is 1.81 bits per heavy atom. The molecule has 0 aliphatic rings. The Morgan fingerprint density at radius 1 is 1.08 bits per heavy atom. The van der Waals surface area contributed by atoms with E-state index in [2.05, 4.69) is 10.3 Å². The summed E-state index contributed by atoms with van der Waals surface area (Å²) >= 11 is 0. The van der Waals surface area contributed by atoms with Crippen LogP contribution >= 0.6 is 0 Å². The Balaban J connectivity index is 1.94. The van der Waals surface area contributed by atoms with Crippen LogP contribution in [0.25, 0.3) is 10.9 Å². The summed E-state index contributed by atoms with van der Waals surface area (Å²) < 4.78 is 28.8. The van der Waals surface area contributed by atoms with Crippen molar-refractivity contribution in [3.8, 4) is 5.75 Å². The zero-order chi connectivity index (χ0) is 18.7. The minimum atomic E-state index is -3.09. The van der Waals surface area contributed by atoms with Crippen molar-refractivity contribution < 1.29 is 13.2 Å². The molecule has 2 aromatic carbocycles. The summed E-state index contributed by atoms with van der Waals surface area (Å²) in [5.74, 6) is 0.765. The molecule has 0 fully saturated rings. The molecule has 0 saturated heterocycles. The highest BCUT2D eigenvalue weighted by Gasteiger charge is 2.11. The monoisotopic (exact) mass is 370 g/mol. The van der Waals surface area contributed by atoms with Crippen molar-refractivity contribution in [1.82, 2.24) is 4.98 Å². The van der Waals surface area contributed by atoms with Gasteiger partial charge in [-0.25, -0.2) is 13.4 Å². The Bertz CT molecular complexity index is 1050. The first-order valence-corrected chi connectivity index (χ1v) is 10.4. The lowest BCUT2D eigenvalue weighted by atomic mass is 10.1. The third-order valence-electron chi connectivity index (χ3n) is 4.16. The van der Waals surface area contributed by atoms with E-state index in [1.165, 1.54) is 6.26 Å². The van der Waals surface area contributed by atoms with Crippen molar-refractivity contribution in [2.45, 2.75) is 19.2 Å². The second-order valence-corrected chi connectivity index (χ2v) is 8.50. The molecule has 5 nitrogen and oxygen atoms in total. The van der Waals surface area contributed by atoms with Crippen molar-refractivity contribution in [1.29, 1.82) is 0 Å². The van der Waals surface area contributed by atoms with Gasteiger partial charge < -0.3 is 10.1 Å². The smallest absolute Gasteiger partial charge is 0.151 e. The topological polar surface area (TPSA) is 68.3 Å². The number of ether oxygens (including phenoxy) is 1. The standard InChI is InChI=1S/C20H22N2O3S/c1-14-11-18(17-9-6-10-19(25-2)20(17)22-14)21-12-15-7-4-5-8-16(15)13-26(3,23)24/h4-11H,12-13H2,1-3H3,(H,21,22). The zero-order valence-electron chi connectivity index (χ0n) is 15.1. The van der Waals surface area contributed by atoms with Crippen molar-refractivity contribution >= 4 is 26.4 Å². The van der Waals surface area contributed by atoms with Gasteiger partial charge >= 0.3 is 0 Å². The number of aryl methyl sites for hydroxylation is 1. The highest BCUT2D eigenvalue weighted by atomic mass is 32.2. The fraction of sp³-hybridized carbons (Fsp3) is 0.250. The third-order valence-corrected chi connectivity index (χ3v) is 4.99. The highest BCUT2D eigenvalue weighted by molar-refractivity contribution is 7.89. The first-order chi connectivity index (χ1) is 12.4. The van der Waals surface area contributed by atoms with Crippen LogP contribution in [0.3, 0.4) is 0 Å². The van der Waals surface area contributed by atoms with Gasteiger partial charge in [0, 0.05) is 29.6 Å². The summed E-state index contributed by atoms with van der Waals surface area (Å²) in [7, 11) is -1.46. The van der Waals surface area contributed by atoms with Gasteiger partial charge in [0.2, 0.25) is 0 Å².